The number of carbonyl (C=O) groups is 5. The van der Waals surface area contributed by atoms with Gasteiger partial charge in [-0.15, -0.1) is 0 Å². The summed E-state index contributed by atoms with van der Waals surface area (Å²) in [4.78, 5) is 65.8. The molecule has 0 spiro atoms. The second-order valence-corrected chi connectivity index (χ2v) is 12.2. The number of ether oxygens (including phenoxy) is 9. The SMILES string of the molecule is COC(=O)c1ccccc1C(=O)Oc1c(OC)cc([C@@H]2c3cc4c(cc3[C@@H](OC(=O)c3ccccc3C(=O)OC)[C@H]3COC(=O)[C@H]23)OCO4)cc1OC. The Morgan fingerprint density at radius 2 is 1.15 bits per heavy atom. The third-order valence-corrected chi connectivity index (χ3v) is 9.49. The molecule has 14 heteroatoms. The van der Waals surface area contributed by atoms with E-state index in [0.717, 1.165) is 0 Å². The molecule has 0 N–H and O–H groups in total. The molecule has 1 fully saturated rings. The van der Waals surface area contributed by atoms with Gasteiger partial charge in [-0.3, -0.25) is 4.79 Å². The molecular formula is C39H32O14. The van der Waals surface area contributed by atoms with Gasteiger partial charge >= 0.3 is 29.8 Å². The van der Waals surface area contributed by atoms with Crippen molar-refractivity contribution < 1.29 is 66.6 Å². The largest absolute Gasteiger partial charge is 0.493 e. The number of methoxy groups -OCH3 is 4. The molecule has 0 saturated carbocycles. The lowest BCUT2D eigenvalue weighted by Gasteiger charge is -2.38. The van der Waals surface area contributed by atoms with Crippen molar-refractivity contribution in [1.29, 1.82) is 0 Å². The van der Waals surface area contributed by atoms with Gasteiger partial charge in [0.25, 0.3) is 0 Å². The fourth-order valence-corrected chi connectivity index (χ4v) is 7.07. The second kappa shape index (κ2) is 14.2. The van der Waals surface area contributed by atoms with E-state index in [4.69, 9.17) is 42.6 Å². The van der Waals surface area contributed by atoms with Crippen LogP contribution in [0.2, 0.25) is 0 Å². The number of carbonyl (C=O) groups excluding carboxylic acids is 5. The minimum atomic E-state index is -1.01. The van der Waals surface area contributed by atoms with Crippen LogP contribution in [0.5, 0.6) is 28.7 Å². The number of esters is 5. The summed E-state index contributed by atoms with van der Waals surface area (Å²) >= 11 is 0. The molecular weight excluding hydrogens is 692 g/mol. The van der Waals surface area contributed by atoms with Crippen LogP contribution in [0.25, 0.3) is 0 Å². The fourth-order valence-electron chi connectivity index (χ4n) is 7.07. The Labute approximate surface area is 302 Å². The van der Waals surface area contributed by atoms with Gasteiger partial charge in [-0.1, -0.05) is 24.3 Å². The van der Waals surface area contributed by atoms with Crippen LogP contribution in [-0.2, 0) is 23.7 Å². The summed E-state index contributed by atoms with van der Waals surface area (Å²) in [6, 6.07) is 18.8. The van der Waals surface area contributed by atoms with Crippen molar-refractivity contribution in [3.63, 3.8) is 0 Å². The maximum absolute atomic E-state index is 13.8. The summed E-state index contributed by atoms with van der Waals surface area (Å²) in [7, 11) is 5.16. The molecule has 4 aromatic rings. The summed E-state index contributed by atoms with van der Waals surface area (Å²) in [5.74, 6) is -5.04. The van der Waals surface area contributed by atoms with Crippen molar-refractivity contribution in [2.75, 3.05) is 41.8 Å². The molecule has 2 aliphatic heterocycles. The minimum Gasteiger partial charge on any atom is -0.493 e. The molecule has 0 aromatic heterocycles. The zero-order valence-electron chi connectivity index (χ0n) is 28.9. The van der Waals surface area contributed by atoms with Gasteiger partial charge < -0.3 is 42.6 Å². The molecule has 14 nitrogen and oxygen atoms in total. The first kappa shape index (κ1) is 34.9. The number of hydrogen-bond acceptors (Lipinski definition) is 14. The summed E-state index contributed by atoms with van der Waals surface area (Å²) < 4.78 is 50.1. The van der Waals surface area contributed by atoms with Gasteiger partial charge in [-0.05, 0) is 59.7 Å². The van der Waals surface area contributed by atoms with E-state index in [1.807, 2.05) is 0 Å². The molecule has 3 aliphatic rings. The average molecular weight is 725 g/mol. The minimum absolute atomic E-state index is 0.00178. The zero-order chi connectivity index (χ0) is 37.4. The number of fused-ring (bicyclic) bond motifs is 3. The smallest absolute Gasteiger partial charge is 0.344 e. The lowest BCUT2D eigenvalue weighted by molar-refractivity contribution is -0.141. The van der Waals surface area contributed by atoms with E-state index in [2.05, 4.69) is 0 Å². The maximum Gasteiger partial charge on any atom is 0.344 e. The van der Waals surface area contributed by atoms with Gasteiger partial charge in [-0.25, -0.2) is 19.2 Å². The Morgan fingerprint density at radius 3 is 1.68 bits per heavy atom. The Hall–Kier alpha value is -6.57. The van der Waals surface area contributed by atoms with E-state index in [9.17, 15) is 24.0 Å². The highest BCUT2D eigenvalue weighted by atomic mass is 16.7. The first-order valence-corrected chi connectivity index (χ1v) is 16.3. The van der Waals surface area contributed by atoms with E-state index in [1.165, 1.54) is 52.7 Å². The molecule has 4 atom stereocenters. The van der Waals surface area contributed by atoms with Gasteiger partial charge in [0.05, 0.1) is 63.2 Å². The van der Waals surface area contributed by atoms with Crippen LogP contribution in [-0.4, -0.2) is 71.7 Å². The van der Waals surface area contributed by atoms with Gasteiger partial charge in [0, 0.05) is 17.4 Å². The zero-order valence-corrected chi connectivity index (χ0v) is 28.9. The van der Waals surface area contributed by atoms with Crippen LogP contribution < -0.4 is 23.7 Å². The van der Waals surface area contributed by atoms with Crippen molar-refractivity contribution in [1.82, 2.24) is 0 Å². The lowest BCUT2D eigenvalue weighted by atomic mass is 9.66. The van der Waals surface area contributed by atoms with E-state index in [1.54, 1.807) is 48.5 Å². The van der Waals surface area contributed by atoms with Crippen LogP contribution in [0, 0.1) is 11.8 Å². The second-order valence-electron chi connectivity index (χ2n) is 12.2. The molecule has 0 unspecified atom stereocenters. The topological polar surface area (TPSA) is 168 Å². The first-order chi connectivity index (χ1) is 25.7. The summed E-state index contributed by atoms with van der Waals surface area (Å²) in [5.41, 5.74) is 1.56. The van der Waals surface area contributed by atoms with Crippen molar-refractivity contribution in [3.8, 4) is 28.7 Å². The molecule has 53 heavy (non-hydrogen) atoms. The van der Waals surface area contributed by atoms with Crippen LogP contribution in [0.3, 0.4) is 0 Å². The standard InChI is InChI=1S/C39H32O14/c1-45-29-13-19(14-30(46-2)34(29)53-38(43)23-12-8-6-10-21(23)36(41)48-4)31-24-15-27-28(51-18-50-27)16-25(24)33(26-17-49-39(44)32(26)31)52-37(42)22-11-7-5-9-20(22)35(40)47-3/h5-16,26,31-33H,17-18H2,1-4H3/t26-,31+,32-,33+/m0/s1. The number of rotatable bonds is 9. The molecule has 1 saturated heterocycles. The Morgan fingerprint density at radius 1 is 0.642 bits per heavy atom. The highest BCUT2D eigenvalue weighted by Gasteiger charge is 2.54. The third-order valence-electron chi connectivity index (χ3n) is 9.49. The quantitative estimate of drug-likeness (QED) is 0.128. The molecule has 0 radical (unpaired) electrons. The normalized spacial score (nSPS) is 19.2. The number of cyclic esters (lactones) is 1. The van der Waals surface area contributed by atoms with E-state index in [0.29, 0.717) is 28.2 Å². The van der Waals surface area contributed by atoms with Crippen LogP contribution >= 0.6 is 0 Å². The number of hydrogen-bond donors (Lipinski definition) is 0. The maximum atomic E-state index is 13.8. The number of benzene rings is 4. The van der Waals surface area contributed by atoms with Gasteiger partial charge in [0.2, 0.25) is 12.5 Å². The van der Waals surface area contributed by atoms with Crippen molar-refractivity contribution in [2.24, 2.45) is 11.8 Å². The molecule has 1 aliphatic carbocycles. The Balaban J connectivity index is 1.32. The van der Waals surface area contributed by atoms with Crippen LogP contribution in [0.1, 0.15) is 70.1 Å². The van der Waals surface area contributed by atoms with E-state index < -0.39 is 53.7 Å². The highest BCUT2D eigenvalue weighted by Crippen LogP contribution is 2.56. The molecule has 0 bridgehead atoms. The molecule has 2 heterocycles. The van der Waals surface area contributed by atoms with E-state index >= 15 is 0 Å². The molecule has 7 rings (SSSR count). The summed E-state index contributed by atoms with van der Waals surface area (Å²) in [6.07, 6.45) is -1.01. The Kier molecular flexibility index (Phi) is 9.35. The molecule has 4 aromatic carbocycles. The van der Waals surface area contributed by atoms with Gasteiger partial charge in [0.15, 0.2) is 23.0 Å². The van der Waals surface area contributed by atoms with Crippen molar-refractivity contribution >= 4 is 29.8 Å². The predicted octanol–water partition coefficient (Wildman–Crippen LogP) is 5.06. The van der Waals surface area contributed by atoms with E-state index in [-0.39, 0.29) is 52.9 Å². The highest BCUT2D eigenvalue weighted by molar-refractivity contribution is 6.04. The van der Waals surface area contributed by atoms with Gasteiger partial charge in [-0.2, -0.15) is 0 Å². The molecule has 0 amide bonds. The fraction of sp³-hybridized carbons (Fsp3) is 0.256. The third kappa shape index (κ3) is 6.11. The summed E-state index contributed by atoms with van der Waals surface area (Å²) in [6.45, 7) is -0.121. The van der Waals surface area contributed by atoms with Crippen LogP contribution in [0.4, 0.5) is 0 Å². The van der Waals surface area contributed by atoms with Crippen molar-refractivity contribution in [2.45, 2.75) is 12.0 Å². The first-order valence-electron chi connectivity index (χ1n) is 16.3. The van der Waals surface area contributed by atoms with Gasteiger partial charge in [0.1, 0.15) is 6.10 Å². The average Bonchev–Trinajstić information content (AvgIpc) is 3.82. The lowest BCUT2D eigenvalue weighted by Crippen LogP contribution is -2.36. The van der Waals surface area contributed by atoms with Crippen LogP contribution in [0.15, 0.2) is 72.8 Å². The predicted molar refractivity (Wildman–Crippen MR) is 181 cm³/mol. The monoisotopic (exact) mass is 724 g/mol. The Bertz CT molecular complexity index is 2130. The van der Waals surface area contributed by atoms with Crippen molar-refractivity contribution in [3.05, 3.63) is 112 Å². The molecule has 272 valence electrons. The summed E-state index contributed by atoms with van der Waals surface area (Å²) in [5, 5.41) is 0.